The normalized spacial score (nSPS) is 11.7. The van der Waals surface area contributed by atoms with Crippen molar-refractivity contribution < 1.29 is 12.8 Å². The molecule has 1 aromatic rings. The Balaban J connectivity index is 2.34. The Morgan fingerprint density at radius 2 is 2.12 bits per heavy atom. The van der Waals surface area contributed by atoms with Gasteiger partial charge in [-0.1, -0.05) is 15.9 Å². The molecule has 96 valence electrons. The van der Waals surface area contributed by atoms with Gasteiger partial charge in [-0.15, -0.1) is 0 Å². The van der Waals surface area contributed by atoms with E-state index in [0.29, 0.717) is 25.1 Å². The molecule has 0 saturated carbocycles. The highest BCUT2D eigenvalue weighted by atomic mass is 79.9. The lowest BCUT2D eigenvalue weighted by Crippen LogP contribution is -2.22. The third kappa shape index (κ3) is 6.11. The highest BCUT2D eigenvalue weighted by Gasteiger charge is 2.04. The van der Waals surface area contributed by atoms with E-state index in [4.69, 9.17) is 5.14 Å². The molecule has 0 aromatic heterocycles. The molecule has 0 spiro atoms. The molecular formula is C10H14BrFN2O2S. The quantitative estimate of drug-likeness (QED) is 0.776. The van der Waals surface area contributed by atoms with Gasteiger partial charge in [-0.05, 0) is 31.2 Å². The maximum atomic E-state index is 13.3. The zero-order chi connectivity index (χ0) is 12.9. The van der Waals surface area contributed by atoms with Crippen LogP contribution in [0.1, 0.15) is 12.0 Å². The van der Waals surface area contributed by atoms with Crippen LogP contribution in [0.5, 0.6) is 0 Å². The van der Waals surface area contributed by atoms with Crippen LogP contribution in [-0.2, 0) is 16.6 Å². The van der Waals surface area contributed by atoms with Crippen molar-refractivity contribution in [3.05, 3.63) is 34.1 Å². The summed E-state index contributed by atoms with van der Waals surface area (Å²) in [5.74, 6) is -0.354. The maximum Gasteiger partial charge on any atom is 0.209 e. The second-order valence-corrected chi connectivity index (χ2v) is 6.28. The lowest BCUT2D eigenvalue weighted by molar-refractivity contribution is 0.577. The van der Waals surface area contributed by atoms with Crippen molar-refractivity contribution in [2.45, 2.75) is 13.0 Å². The molecule has 0 radical (unpaired) electrons. The summed E-state index contributed by atoms with van der Waals surface area (Å²) in [6.45, 7) is 0.832. The molecule has 0 unspecified atom stereocenters. The molecule has 0 bridgehead atoms. The van der Waals surface area contributed by atoms with Gasteiger partial charge in [0.1, 0.15) is 5.82 Å². The highest BCUT2D eigenvalue weighted by molar-refractivity contribution is 9.10. The summed E-state index contributed by atoms with van der Waals surface area (Å²) in [6.07, 6.45) is 0.411. The first-order valence-electron chi connectivity index (χ1n) is 5.03. The highest BCUT2D eigenvalue weighted by Crippen LogP contribution is 2.15. The van der Waals surface area contributed by atoms with Gasteiger partial charge in [-0.3, -0.25) is 0 Å². The minimum atomic E-state index is -3.41. The number of hydrogen-bond acceptors (Lipinski definition) is 3. The van der Waals surface area contributed by atoms with Crippen LogP contribution in [0.25, 0.3) is 0 Å². The summed E-state index contributed by atoms with van der Waals surface area (Å²) in [5.41, 5.74) is 0.537. The average Bonchev–Trinajstić information content (AvgIpc) is 2.21. The van der Waals surface area contributed by atoms with Crippen LogP contribution in [0.15, 0.2) is 22.7 Å². The third-order valence-electron chi connectivity index (χ3n) is 2.11. The van der Waals surface area contributed by atoms with Crippen LogP contribution in [0.3, 0.4) is 0 Å². The fraction of sp³-hybridized carbons (Fsp3) is 0.400. The minimum Gasteiger partial charge on any atom is -0.313 e. The van der Waals surface area contributed by atoms with Gasteiger partial charge in [-0.25, -0.2) is 17.9 Å². The van der Waals surface area contributed by atoms with Crippen molar-refractivity contribution in [1.82, 2.24) is 5.32 Å². The van der Waals surface area contributed by atoms with Crippen LogP contribution in [0.2, 0.25) is 0 Å². The van der Waals surface area contributed by atoms with Gasteiger partial charge in [0.15, 0.2) is 0 Å². The number of nitrogens with two attached hydrogens (primary N) is 1. The van der Waals surface area contributed by atoms with Gasteiger partial charge < -0.3 is 5.32 Å². The molecule has 0 saturated heterocycles. The number of nitrogens with one attached hydrogen (secondary N) is 1. The molecule has 0 fully saturated rings. The van der Waals surface area contributed by atoms with Crippen LogP contribution in [-0.4, -0.2) is 20.7 Å². The summed E-state index contributed by atoms with van der Waals surface area (Å²) in [5, 5.41) is 7.81. The third-order valence-corrected chi connectivity index (χ3v) is 3.46. The van der Waals surface area contributed by atoms with Crippen molar-refractivity contribution in [3.63, 3.8) is 0 Å². The Morgan fingerprint density at radius 1 is 1.41 bits per heavy atom. The Hall–Kier alpha value is -0.500. The van der Waals surface area contributed by atoms with Gasteiger partial charge in [-0.2, -0.15) is 0 Å². The molecule has 1 rings (SSSR count). The number of primary sulfonamides is 1. The van der Waals surface area contributed by atoms with Gasteiger partial charge in [0.05, 0.1) is 5.75 Å². The Kier molecular flexibility index (Phi) is 5.51. The lowest BCUT2D eigenvalue weighted by atomic mass is 10.2. The molecule has 0 aliphatic heterocycles. The van der Waals surface area contributed by atoms with Crippen LogP contribution < -0.4 is 10.5 Å². The summed E-state index contributed by atoms with van der Waals surface area (Å²) in [4.78, 5) is 0. The van der Waals surface area contributed by atoms with E-state index in [1.807, 2.05) is 0 Å². The second kappa shape index (κ2) is 6.44. The minimum absolute atomic E-state index is 0.0685. The average molecular weight is 325 g/mol. The molecule has 7 heteroatoms. The smallest absolute Gasteiger partial charge is 0.209 e. The largest absolute Gasteiger partial charge is 0.313 e. The Morgan fingerprint density at radius 3 is 2.76 bits per heavy atom. The molecular weight excluding hydrogens is 311 g/mol. The molecule has 0 amide bonds. The standard InChI is InChI=1S/C10H14BrFN2O2S/c11-9-2-3-10(12)8(6-9)7-14-4-1-5-17(13,15)16/h2-3,6,14H,1,4-5,7H2,(H2,13,15,16). The number of hydrogen-bond donors (Lipinski definition) is 2. The van der Waals surface area contributed by atoms with Crippen molar-refractivity contribution >= 4 is 26.0 Å². The van der Waals surface area contributed by atoms with E-state index in [1.54, 1.807) is 12.1 Å². The van der Waals surface area contributed by atoms with E-state index < -0.39 is 10.0 Å². The van der Waals surface area contributed by atoms with E-state index in [-0.39, 0.29) is 11.6 Å². The van der Waals surface area contributed by atoms with Gasteiger partial charge >= 0.3 is 0 Å². The van der Waals surface area contributed by atoms with Gasteiger partial charge in [0, 0.05) is 16.6 Å². The van der Waals surface area contributed by atoms with Gasteiger partial charge in [0.2, 0.25) is 10.0 Å². The molecule has 3 N–H and O–H groups in total. The number of rotatable bonds is 6. The molecule has 0 aliphatic rings. The summed E-state index contributed by atoms with van der Waals surface area (Å²) in [6, 6.07) is 4.69. The van der Waals surface area contributed by atoms with Crippen molar-refractivity contribution in [2.24, 2.45) is 5.14 Å². The zero-order valence-corrected chi connectivity index (χ0v) is 11.5. The number of sulfonamides is 1. The predicted octanol–water partition coefficient (Wildman–Crippen LogP) is 1.36. The summed E-state index contributed by atoms with van der Waals surface area (Å²) in [7, 11) is -3.41. The van der Waals surface area contributed by atoms with E-state index in [1.165, 1.54) is 6.07 Å². The Bertz CT molecular complexity index is 479. The van der Waals surface area contributed by atoms with Crippen molar-refractivity contribution in [3.8, 4) is 0 Å². The molecule has 1 aromatic carbocycles. The first-order chi connectivity index (χ1) is 7.88. The number of benzene rings is 1. The summed E-state index contributed by atoms with van der Waals surface area (Å²) < 4.78 is 35.4. The van der Waals surface area contributed by atoms with E-state index in [9.17, 15) is 12.8 Å². The molecule has 0 heterocycles. The van der Waals surface area contributed by atoms with Gasteiger partial charge in [0.25, 0.3) is 0 Å². The lowest BCUT2D eigenvalue weighted by Gasteiger charge is -2.06. The Labute approximate surface area is 109 Å². The topological polar surface area (TPSA) is 72.2 Å². The predicted molar refractivity (Wildman–Crippen MR) is 68.4 cm³/mol. The molecule has 0 aliphatic carbocycles. The van der Waals surface area contributed by atoms with E-state index in [2.05, 4.69) is 21.2 Å². The molecule has 17 heavy (non-hydrogen) atoms. The number of halogens is 2. The van der Waals surface area contributed by atoms with Crippen molar-refractivity contribution in [1.29, 1.82) is 0 Å². The molecule has 0 atom stereocenters. The van der Waals surface area contributed by atoms with Crippen molar-refractivity contribution in [2.75, 3.05) is 12.3 Å². The van der Waals surface area contributed by atoms with Crippen LogP contribution in [0, 0.1) is 5.82 Å². The fourth-order valence-corrected chi connectivity index (χ4v) is 2.26. The summed E-state index contributed by atoms with van der Waals surface area (Å²) >= 11 is 3.25. The maximum absolute atomic E-state index is 13.3. The SMILES string of the molecule is NS(=O)(=O)CCCNCc1cc(Br)ccc1F. The second-order valence-electron chi connectivity index (χ2n) is 3.63. The van der Waals surface area contributed by atoms with Crippen LogP contribution >= 0.6 is 15.9 Å². The first kappa shape index (κ1) is 14.6. The van der Waals surface area contributed by atoms with E-state index in [0.717, 1.165) is 4.47 Å². The first-order valence-corrected chi connectivity index (χ1v) is 7.54. The zero-order valence-electron chi connectivity index (χ0n) is 9.12. The van der Waals surface area contributed by atoms with Crippen LogP contribution in [0.4, 0.5) is 4.39 Å². The monoisotopic (exact) mass is 324 g/mol. The van der Waals surface area contributed by atoms with E-state index >= 15 is 0 Å². The fourth-order valence-electron chi connectivity index (χ4n) is 1.30. The molecule has 4 nitrogen and oxygen atoms in total.